The van der Waals surface area contributed by atoms with E-state index in [0.29, 0.717) is 27.9 Å². The number of ether oxygens (including phenoxy) is 3. The van der Waals surface area contributed by atoms with E-state index in [0.717, 1.165) is 22.2 Å². The van der Waals surface area contributed by atoms with Crippen molar-refractivity contribution >= 4 is 32.6 Å². The van der Waals surface area contributed by atoms with Crippen LogP contribution in [0.1, 0.15) is 22.8 Å². The molecule has 3 aromatic rings. The second-order valence-corrected chi connectivity index (χ2v) is 6.54. The van der Waals surface area contributed by atoms with Crippen LogP contribution < -0.4 is 19.5 Å². The average molecular weight is 372 g/mol. The van der Waals surface area contributed by atoms with Crippen molar-refractivity contribution in [3.05, 3.63) is 41.5 Å². The van der Waals surface area contributed by atoms with Crippen molar-refractivity contribution < 1.29 is 19.0 Å². The summed E-state index contributed by atoms with van der Waals surface area (Å²) in [4.78, 5) is 17.3. The predicted octanol–water partition coefficient (Wildman–Crippen LogP) is 4.14. The lowest BCUT2D eigenvalue weighted by atomic mass is 10.1. The van der Waals surface area contributed by atoms with Gasteiger partial charge in [-0.15, -0.1) is 0 Å². The van der Waals surface area contributed by atoms with Crippen LogP contribution in [0.15, 0.2) is 30.3 Å². The molecule has 7 heteroatoms. The Bertz CT molecular complexity index is 927. The van der Waals surface area contributed by atoms with Crippen LogP contribution in [0.5, 0.6) is 17.2 Å². The normalized spacial score (nSPS) is 10.6. The molecule has 0 aliphatic rings. The monoisotopic (exact) mass is 372 g/mol. The van der Waals surface area contributed by atoms with Crippen LogP contribution in [0.25, 0.3) is 10.2 Å². The van der Waals surface area contributed by atoms with Crippen LogP contribution >= 0.6 is 11.3 Å². The highest BCUT2D eigenvalue weighted by atomic mass is 32.1. The summed E-state index contributed by atoms with van der Waals surface area (Å²) in [5.74, 6) is 1.00. The number of hydrogen-bond donors (Lipinski definition) is 1. The van der Waals surface area contributed by atoms with Crippen LogP contribution in [0.2, 0.25) is 0 Å². The molecule has 1 aromatic heterocycles. The Hall–Kier alpha value is -2.80. The molecule has 0 saturated heterocycles. The molecule has 1 heterocycles. The average Bonchev–Trinajstić information content (AvgIpc) is 3.08. The van der Waals surface area contributed by atoms with Crippen LogP contribution in [0.4, 0.5) is 5.13 Å². The maximum atomic E-state index is 12.7. The lowest BCUT2D eigenvalue weighted by molar-refractivity contribution is 0.102. The zero-order chi connectivity index (χ0) is 18.7. The standard InChI is InChI=1S/C19H20N2O4S/c1-5-11-7-6-8-15-16(11)20-19(26-15)21-18(22)12-9-13(23-2)17(25-4)14(10-12)24-3/h6-10H,5H2,1-4H3,(H,20,21,22). The van der Waals surface area contributed by atoms with Gasteiger partial charge in [-0.25, -0.2) is 4.98 Å². The van der Waals surface area contributed by atoms with Crippen LogP contribution in [0, 0.1) is 0 Å². The summed E-state index contributed by atoms with van der Waals surface area (Å²) in [6.07, 6.45) is 0.890. The fourth-order valence-electron chi connectivity index (χ4n) is 2.73. The number of nitrogens with one attached hydrogen (secondary N) is 1. The maximum Gasteiger partial charge on any atom is 0.257 e. The van der Waals surface area contributed by atoms with E-state index >= 15 is 0 Å². The lowest BCUT2D eigenvalue weighted by Gasteiger charge is -2.13. The highest BCUT2D eigenvalue weighted by Crippen LogP contribution is 2.38. The summed E-state index contributed by atoms with van der Waals surface area (Å²) in [6, 6.07) is 9.28. The Morgan fingerprint density at radius 3 is 2.38 bits per heavy atom. The van der Waals surface area contributed by atoms with Crippen LogP contribution in [0.3, 0.4) is 0 Å². The quantitative estimate of drug-likeness (QED) is 0.704. The number of hydrogen-bond acceptors (Lipinski definition) is 6. The number of anilines is 1. The third kappa shape index (κ3) is 3.30. The molecule has 26 heavy (non-hydrogen) atoms. The molecular formula is C19H20N2O4S. The highest BCUT2D eigenvalue weighted by Gasteiger charge is 2.18. The van der Waals surface area contributed by atoms with Gasteiger partial charge in [-0.05, 0) is 30.2 Å². The minimum absolute atomic E-state index is 0.290. The van der Waals surface area contributed by atoms with Crippen molar-refractivity contribution in [3.8, 4) is 17.2 Å². The SMILES string of the molecule is CCc1cccc2sc(NC(=O)c3cc(OC)c(OC)c(OC)c3)nc12. The fourth-order valence-corrected chi connectivity index (χ4v) is 3.63. The van der Waals surface area contributed by atoms with Crippen molar-refractivity contribution in [2.45, 2.75) is 13.3 Å². The number of aromatic nitrogens is 1. The molecule has 6 nitrogen and oxygen atoms in total. The summed E-state index contributed by atoms with van der Waals surface area (Å²) in [6.45, 7) is 2.09. The molecule has 0 bridgehead atoms. The van der Waals surface area contributed by atoms with E-state index in [2.05, 4.69) is 17.2 Å². The summed E-state index contributed by atoms with van der Waals surface area (Å²) in [7, 11) is 4.55. The van der Waals surface area contributed by atoms with E-state index in [9.17, 15) is 4.79 Å². The van der Waals surface area contributed by atoms with E-state index in [1.54, 1.807) is 12.1 Å². The van der Waals surface area contributed by atoms with Gasteiger partial charge in [-0.3, -0.25) is 10.1 Å². The number of fused-ring (bicyclic) bond motifs is 1. The molecule has 1 N–H and O–H groups in total. The number of aryl methyl sites for hydroxylation is 1. The predicted molar refractivity (Wildman–Crippen MR) is 103 cm³/mol. The van der Waals surface area contributed by atoms with Gasteiger partial charge in [0.25, 0.3) is 5.91 Å². The number of rotatable bonds is 6. The van der Waals surface area contributed by atoms with Gasteiger partial charge in [0.05, 0.1) is 31.5 Å². The molecule has 136 valence electrons. The summed E-state index contributed by atoms with van der Waals surface area (Å²) < 4.78 is 16.9. The molecule has 3 rings (SSSR count). The second kappa shape index (κ2) is 7.61. The first-order chi connectivity index (χ1) is 12.6. The van der Waals surface area contributed by atoms with Gasteiger partial charge in [0.15, 0.2) is 16.6 Å². The van der Waals surface area contributed by atoms with Crippen molar-refractivity contribution in [1.82, 2.24) is 4.98 Å². The lowest BCUT2D eigenvalue weighted by Crippen LogP contribution is -2.12. The van der Waals surface area contributed by atoms with Crippen LogP contribution in [-0.2, 0) is 6.42 Å². The summed E-state index contributed by atoms with van der Waals surface area (Å²) in [5, 5.41) is 3.41. The molecule has 0 aliphatic heterocycles. The molecule has 0 saturated carbocycles. The van der Waals surface area contributed by atoms with Gasteiger partial charge >= 0.3 is 0 Å². The number of methoxy groups -OCH3 is 3. The van der Waals surface area contributed by atoms with Crippen molar-refractivity contribution in [3.63, 3.8) is 0 Å². The molecule has 0 unspecified atom stereocenters. The van der Waals surface area contributed by atoms with E-state index in [1.807, 2.05) is 18.2 Å². The Morgan fingerprint density at radius 2 is 1.81 bits per heavy atom. The highest BCUT2D eigenvalue weighted by molar-refractivity contribution is 7.22. The number of carbonyl (C=O) groups is 1. The Labute approximate surface area is 155 Å². The molecule has 0 spiro atoms. The number of para-hydroxylation sites is 1. The van der Waals surface area contributed by atoms with E-state index in [1.165, 1.54) is 32.7 Å². The maximum absolute atomic E-state index is 12.7. The first kappa shape index (κ1) is 18.0. The van der Waals surface area contributed by atoms with E-state index in [4.69, 9.17) is 14.2 Å². The third-order valence-corrected chi connectivity index (χ3v) is 4.97. The third-order valence-electron chi connectivity index (χ3n) is 4.03. The zero-order valence-corrected chi connectivity index (χ0v) is 15.9. The minimum atomic E-state index is -0.290. The van der Waals surface area contributed by atoms with Crippen molar-refractivity contribution in [1.29, 1.82) is 0 Å². The Kier molecular flexibility index (Phi) is 5.27. The van der Waals surface area contributed by atoms with Gasteiger partial charge in [0.1, 0.15) is 0 Å². The fraction of sp³-hybridized carbons (Fsp3) is 0.263. The number of thiazole rings is 1. The molecule has 0 radical (unpaired) electrons. The molecule has 0 aliphatic carbocycles. The summed E-state index contributed by atoms with van der Waals surface area (Å²) >= 11 is 1.45. The van der Waals surface area contributed by atoms with Gasteiger partial charge in [0.2, 0.25) is 5.75 Å². The van der Waals surface area contributed by atoms with E-state index in [-0.39, 0.29) is 5.91 Å². The van der Waals surface area contributed by atoms with Gasteiger partial charge in [-0.2, -0.15) is 0 Å². The van der Waals surface area contributed by atoms with Gasteiger partial charge in [0, 0.05) is 5.56 Å². The van der Waals surface area contributed by atoms with Crippen molar-refractivity contribution in [2.24, 2.45) is 0 Å². The first-order valence-corrected chi connectivity index (χ1v) is 8.92. The van der Waals surface area contributed by atoms with Gasteiger partial charge < -0.3 is 14.2 Å². The zero-order valence-electron chi connectivity index (χ0n) is 15.1. The van der Waals surface area contributed by atoms with Gasteiger partial charge in [-0.1, -0.05) is 30.4 Å². The smallest absolute Gasteiger partial charge is 0.257 e. The second-order valence-electron chi connectivity index (χ2n) is 5.50. The number of benzene rings is 2. The van der Waals surface area contributed by atoms with Crippen LogP contribution in [-0.4, -0.2) is 32.2 Å². The first-order valence-electron chi connectivity index (χ1n) is 8.11. The number of amides is 1. The minimum Gasteiger partial charge on any atom is -0.493 e. The Morgan fingerprint density at radius 1 is 1.12 bits per heavy atom. The Balaban J connectivity index is 1.93. The molecule has 2 aromatic carbocycles. The van der Waals surface area contributed by atoms with E-state index < -0.39 is 0 Å². The number of carbonyl (C=O) groups excluding carboxylic acids is 1. The largest absolute Gasteiger partial charge is 0.493 e. The summed E-state index contributed by atoms with van der Waals surface area (Å²) in [5.41, 5.74) is 2.49. The number of nitrogens with zero attached hydrogens (tertiary/aromatic N) is 1. The molecular weight excluding hydrogens is 352 g/mol. The molecule has 0 fully saturated rings. The molecule has 1 amide bonds. The molecule has 0 atom stereocenters. The van der Waals surface area contributed by atoms with Crippen molar-refractivity contribution in [2.75, 3.05) is 26.6 Å². The topological polar surface area (TPSA) is 69.7 Å².